The number of aliphatic imine (C=N–C) groups is 1. The zero-order valence-electron chi connectivity index (χ0n) is 8.26. The molecule has 0 fully saturated rings. The molecule has 2 heteroatoms. The molecule has 0 radical (unpaired) electrons. The molecule has 0 N–H and O–H groups in total. The van der Waals surface area contributed by atoms with E-state index in [0.717, 1.165) is 22.8 Å². The van der Waals surface area contributed by atoms with E-state index in [0.29, 0.717) is 0 Å². The van der Waals surface area contributed by atoms with Crippen molar-refractivity contribution in [2.24, 2.45) is 4.99 Å². The van der Waals surface area contributed by atoms with Gasteiger partial charge in [-0.1, -0.05) is 18.5 Å². The van der Waals surface area contributed by atoms with Gasteiger partial charge >= 0.3 is 0 Å². The molecule has 0 aliphatic rings. The summed E-state index contributed by atoms with van der Waals surface area (Å²) in [6.45, 7) is 6.07. The number of hydrogen-bond acceptors (Lipinski definition) is 1. The summed E-state index contributed by atoms with van der Waals surface area (Å²) in [5, 5.41) is 0.763. The van der Waals surface area contributed by atoms with Gasteiger partial charge in [-0.2, -0.15) is 0 Å². The van der Waals surface area contributed by atoms with E-state index < -0.39 is 0 Å². The Morgan fingerprint density at radius 3 is 2.54 bits per heavy atom. The molecule has 0 aromatic heterocycles. The highest BCUT2D eigenvalue weighted by Crippen LogP contribution is 2.21. The Balaban J connectivity index is 3.09. The molecule has 70 valence electrons. The molecule has 0 atom stereocenters. The van der Waals surface area contributed by atoms with Crippen molar-refractivity contribution in [3.63, 3.8) is 0 Å². The summed E-state index contributed by atoms with van der Waals surface area (Å²) < 4.78 is 0. The first kappa shape index (κ1) is 10.3. The maximum atomic E-state index is 5.94. The molecule has 0 saturated heterocycles. The second kappa shape index (κ2) is 4.43. The molecule has 0 amide bonds. The summed E-state index contributed by atoms with van der Waals surface area (Å²) in [7, 11) is 0. The molecular formula is C11H14ClN. The van der Waals surface area contributed by atoms with Crippen LogP contribution in [0.2, 0.25) is 5.02 Å². The number of aryl methyl sites for hydroxylation is 1. The van der Waals surface area contributed by atoms with E-state index in [4.69, 9.17) is 11.6 Å². The van der Waals surface area contributed by atoms with Gasteiger partial charge < -0.3 is 0 Å². The van der Waals surface area contributed by atoms with Crippen molar-refractivity contribution in [3.8, 4) is 0 Å². The highest BCUT2D eigenvalue weighted by molar-refractivity contribution is 6.30. The molecule has 1 rings (SSSR count). The fraction of sp³-hybridized carbons (Fsp3) is 0.364. The van der Waals surface area contributed by atoms with Crippen molar-refractivity contribution >= 4 is 23.0 Å². The zero-order valence-corrected chi connectivity index (χ0v) is 9.02. The largest absolute Gasteiger partial charge is 0.258 e. The van der Waals surface area contributed by atoms with Crippen molar-refractivity contribution in [2.45, 2.75) is 27.2 Å². The molecule has 0 heterocycles. The number of nitrogens with zero attached hydrogens (tertiary/aromatic N) is 1. The number of hydrogen-bond donors (Lipinski definition) is 0. The highest BCUT2D eigenvalue weighted by atomic mass is 35.5. The first-order valence-corrected chi connectivity index (χ1v) is 4.81. The smallest absolute Gasteiger partial charge is 0.0646 e. The van der Waals surface area contributed by atoms with Crippen LogP contribution in [-0.2, 0) is 6.42 Å². The van der Waals surface area contributed by atoms with Crippen LogP contribution in [0.3, 0.4) is 0 Å². The minimum Gasteiger partial charge on any atom is -0.258 e. The fourth-order valence-corrected chi connectivity index (χ4v) is 1.41. The van der Waals surface area contributed by atoms with Gasteiger partial charge in [0.25, 0.3) is 0 Å². The van der Waals surface area contributed by atoms with Crippen molar-refractivity contribution in [2.75, 3.05) is 0 Å². The predicted molar refractivity (Wildman–Crippen MR) is 59.3 cm³/mol. The van der Waals surface area contributed by atoms with Crippen molar-refractivity contribution in [3.05, 3.63) is 28.8 Å². The molecule has 1 aromatic carbocycles. The minimum atomic E-state index is 0.763. The van der Waals surface area contributed by atoms with Gasteiger partial charge in [0.1, 0.15) is 0 Å². The van der Waals surface area contributed by atoms with E-state index in [1.165, 1.54) is 5.56 Å². The van der Waals surface area contributed by atoms with Gasteiger partial charge in [-0.15, -0.1) is 0 Å². The van der Waals surface area contributed by atoms with Crippen molar-refractivity contribution < 1.29 is 0 Å². The van der Waals surface area contributed by atoms with Crippen LogP contribution in [0, 0.1) is 0 Å². The summed E-state index contributed by atoms with van der Waals surface area (Å²) in [6.07, 6.45) is 0.992. The molecule has 1 aromatic rings. The van der Waals surface area contributed by atoms with E-state index in [1.807, 2.05) is 26.0 Å². The van der Waals surface area contributed by atoms with E-state index in [-0.39, 0.29) is 0 Å². The van der Waals surface area contributed by atoms with Crippen LogP contribution in [0.25, 0.3) is 0 Å². The Morgan fingerprint density at radius 2 is 2.00 bits per heavy atom. The molecule has 0 unspecified atom stereocenters. The summed E-state index contributed by atoms with van der Waals surface area (Å²) >= 11 is 5.94. The number of halogens is 1. The van der Waals surface area contributed by atoms with Crippen LogP contribution >= 0.6 is 11.6 Å². The first-order chi connectivity index (χ1) is 6.11. The summed E-state index contributed by atoms with van der Waals surface area (Å²) in [6, 6.07) is 5.93. The van der Waals surface area contributed by atoms with E-state index in [1.54, 1.807) is 0 Å². The number of rotatable bonds is 2. The lowest BCUT2D eigenvalue weighted by molar-refractivity contribution is 1.14. The SMILES string of the molecule is CCc1cc(Cl)cc(N=C(C)C)c1. The Labute approximate surface area is 84.5 Å². The highest BCUT2D eigenvalue weighted by Gasteiger charge is 1.96. The van der Waals surface area contributed by atoms with Crippen LogP contribution in [0.4, 0.5) is 5.69 Å². The summed E-state index contributed by atoms with van der Waals surface area (Å²) in [5.41, 5.74) is 3.22. The average Bonchev–Trinajstić information content (AvgIpc) is 2.01. The second-order valence-electron chi connectivity index (χ2n) is 3.23. The topological polar surface area (TPSA) is 12.4 Å². The Hall–Kier alpha value is -0.820. The average molecular weight is 196 g/mol. The van der Waals surface area contributed by atoms with Crippen LogP contribution in [0.5, 0.6) is 0 Å². The Morgan fingerprint density at radius 1 is 1.31 bits per heavy atom. The van der Waals surface area contributed by atoms with Gasteiger partial charge in [0.15, 0.2) is 0 Å². The monoisotopic (exact) mass is 195 g/mol. The lowest BCUT2D eigenvalue weighted by Crippen LogP contribution is -1.82. The maximum Gasteiger partial charge on any atom is 0.0646 e. The molecule has 0 saturated carbocycles. The van der Waals surface area contributed by atoms with Gasteiger partial charge in [-0.25, -0.2) is 0 Å². The molecule has 0 aliphatic heterocycles. The quantitative estimate of drug-likeness (QED) is 0.633. The van der Waals surface area contributed by atoms with Gasteiger partial charge in [-0.05, 0) is 44.0 Å². The fourth-order valence-electron chi connectivity index (χ4n) is 1.16. The lowest BCUT2D eigenvalue weighted by Gasteiger charge is -2.01. The normalized spacial score (nSPS) is 9.85. The maximum absolute atomic E-state index is 5.94. The van der Waals surface area contributed by atoms with Crippen molar-refractivity contribution in [1.82, 2.24) is 0 Å². The summed E-state index contributed by atoms with van der Waals surface area (Å²) in [4.78, 5) is 4.36. The molecule has 13 heavy (non-hydrogen) atoms. The van der Waals surface area contributed by atoms with Crippen LogP contribution in [-0.4, -0.2) is 5.71 Å². The second-order valence-corrected chi connectivity index (χ2v) is 3.67. The Kier molecular flexibility index (Phi) is 3.49. The van der Waals surface area contributed by atoms with Crippen molar-refractivity contribution in [1.29, 1.82) is 0 Å². The zero-order chi connectivity index (χ0) is 9.84. The molecular weight excluding hydrogens is 182 g/mol. The van der Waals surface area contributed by atoms with Crippen LogP contribution in [0.15, 0.2) is 23.2 Å². The van der Waals surface area contributed by atoms with Crippen LogP contribution in [0.1, 0.15) is 26.3 Å². The molecule has 1 nitrogen and oxygen atoms in total. The number of benzene rings is 1. The first-order valence-electron chi connectivity index (χ1n) is 4.43. The standard InChI is InChI=1S/C11H14ClN/c1-4-9-5-10(12)7-11(6-9)13-8(2)3/h5-7H,4H2,1-3H3. The van der Waals surface area contributed by atoms with Crippen LogP contribution < -0.4 is 0 Å². The predicted octanol–water partition coefficient (Wildman–Crippen LogP) is 4.01. The van der Waals surface area contributed by atoms with Gasteiger partial charge in [-0.3, -0.25) is 4.99 Å². The minimum absolute atomic E-state index is 0.763. The van der Waals surface area contributed by atoms with E-state index in [9.17, 15) is 0 Å². The third-order valence-corrected chi connectivity index (χ3v) is 1.92. The summed E-state index contributed by atoms with van der Waals surface area (Å²) in [5.74, 6) is 0. The molecule has 0 spiro atoms. The third-order valence-electron chi connectivity index (χ3n) is 1.70. The van der Waals surface area contributed by atoms with E-state index in [2.05, 4.69) is 18.0 Å². The molecule has 0 aliphatic carbocycles. The Bertz CT molecular complexity index is 325. The molecule has 0 bridgehead atoms. The van der Waals surface area contributed by atoms with Gasteiger partial charge in [0.2, 0.25) is 0 Å². The van der Waals surface area contributed by atoms with E-state index >= 15 is 0 Å². The lowest BCUT2D eigenvalue weighted by atomic mass is 10.1. The third kappa shape index (κ3) is 3.19. The van der Waals surface area contributed by atoms with Gasteiger partial charge in [0, 0.05) is 10.7 Å². The van der Waals surface area contributed by atoms with Gasteiger partial charge in [0.05, 0.1) is 5.69 Å².